The summed E-state index contributed by atoms with van der Waals surface area (Å²) in [5, 5.41) is 0. The summed E-state index contributed by atoms with van der Waals surface area (Å²) in [6.07, 6.45) is 1.71. The SMILES string of the molecule is COCCN(Cc1ccccn1)C(=O)[C@@H](C)N.Cl. The molecule has 0 aliphatic rings. The Kier molecular flexibility index (Phi) is 8.28. The molecule has 0 aliphatic heterocycles. The molecule has 0 aromatic carbocycles. The van der Waals surface area contributed by atoms with E-state index in [9.17, 15) is 4.79 Å². The van der Waals surface area contributed by atoms with Crippen LogP contribution in [0.25, 0.3) is 0 Å². The Bertz CT molecular complexity index is 346. The number of rotatable bonds is 6. The van der Waals surface area contributed by atoms with Gasteiger partial charge in [0.1, 0.15) is 0 Å². The van der Waals surface area contributed by atoms with E-state index in [2.05, 4.69) is 4.98 Å². The molecule has 1 amide bonds. The lowest BCUT2D eigenvalue weighted by Crippen LogP contribution is -2.43. The highest BCUT2D eigenvalue weighted by atomic mass is 35.5. The minimum atomic E-state index is -0.504. The largest absolute Gasteiger partial charge is 0.383 e. The lowest BCUT2D eigenvalue weighted by Gasteiger charge is -2.23. The van der Waals surface area contributed by atoms with Crippen LogP contribution in [0.2, 0.25) is 0 Å². The van der Waals surface area contributed by atoms with Crippen molar-refractivity contribution >= 4 is 18.3 Å². The molecule has 1 heterocycles. The smallest absolute Gasteiger partial charge is 0.239 e. The van der Waals surface area contributed by atoms with Gasteiger partial charge < -0.3 is 15.4 Å². The third-order valence-electron chi connectivity index (χ3n) is 2.35. The molecule has 6 heteroatoms. The summed E-state index contributed by atoms with van der Waals surface area (Å²) in [5.41, 5.74) is 6.45. The van der Waals surface area contributed by atoms with E-state index in [4.69, 9.17) is 10.5 Å². The molecule has 102 valence electrons. The van der Waals surface area contributed by atoms with E-state index in [-0.39, 0.29) is 18.3 Å². The lowest BCUT2D eigenvalue weighted by molar-refractivity contribution is -0.133. The van der Waals surface area contributed by atoms with Crippen LogP contribution in [0.1, 0.15) is 12.6 Å². The summed E-state index contributed by atoms with van der Waals surface area (Å²) in [7, 11) is 1.61. The zero-order valence-corrected chi connectivity index (χ0v) is 11.5. The molecular formula is C12H20ClN3O2. The Hall–Kier alpha value is -1.17. The van der Waals surface area contributed by atoms with Crippen molar-refractivity contribution in [1.29, 1.82) is 0 Å². The van der Waals surface area contributed by atoms with Gasteiger partial charge in [0.2, 0.25) is 5.91 Å². The molecule has 5 nitrogen and oxygen atoms in total. The zero-order chi connectivity index (χ0) is 12.7. The molecule has 1 aromatic heterocycles. The van der Waals surface area contributed by atoms with Crippen LogP contribution in [0, 0.1) is 0 Å². The fraction of sp³-hybridized carbons (Fsp3) is 0.500. The first-order valence-corrected chi connectivity index (χ1v) is 5.58. The van der Waals surface area contributed by atoms with Gasteiger partial charge in [0.25, 0.3) is 0 Å². The lowest BCUT2D eigenvalue weighted by atomic mass is 10.2. The highest BCUT2D eigenvalue weighted by Gasteiger charge is 2.17. The molecular weight excluding hydrogens is 254 g/mol. The van der Waals surface area contributed by atoms with E-state index in [1.165, 1.54) is 0 Å². The van der Waals surface area contributed by atoms with Gasteiger partial charge in [-0.25, -0.2) is 0 Å². The molecule has 0 saturated heterocycles. The number of aromatic nitrogens is 1. The van der Waals surface area contributed by atoms with Crippen molar-refractivity contribution < 1.29 is 9.53 Å². The molecule has 1 rings (SSSR count). The topological polar surface area (TPSA) is 68.5 Å². The summed E-state index contributed by atoms with van der Waals surface area (Å²) in [6, 6.07) is 5.12. The summed E-state index contributed by atoms with van der Waals surface area (Å²) in [5.74, 6) is -0.0901. The molecule has 0 radical (unpaired) electrons. The average molecular weight is 274 g/mol. The number of ether oxygens (including phenoxy) is 1. The van der Waals surface area contributed by atoms with Gasteiger partial charge in [0.05, 0.1) is 24.9 Å². The van der Waals surface area contributed by atoms with Crippen LogP contribution in [0.3, 0.4) is 0 Å². The molecule has 0 fully saturated rings. The standard InChI is InChI=1S/C12H19N3O2.ClH/c1-10(13)12(16)15(7-8-17-2)9-11-5-3-4-6-14-11;/h3-6,10H,7-9,13H2,1-2H3;1H/t10-;/m1./s1. The Morgan fingerprint density at radius 3 is 2.78 bits per heavy atom. The van der Waals surface area contributed by atoms with E-state index in [1.54, 1.807) is 25.1 Å². The van der Waals surface area contributed by atoms with E-state index in [0.717, 1.165) is 5.69 Å². The number of methoxy groups -OCH3 is 1. The van der Waals surface area contributed by atoms with Crippen molar-refractivity contribution in [2.24, 2.45) is 5.73 Å². The van der Waals surface area contributed by atoms with Crippen molar-refractivity contribution in [3.63, 3.8) is 0 Å². The quantitative estimate of drug-likeness (QED) is 0.833. The molecule has 0 bridgehead atoms. The number of carbonyl (C=O) groups excluding carboxylic acids is 1. The number of hydrogen-bond donors (Lipinski definition) is 1. The Morgan fingerprint density at radius 2 is 2.28 bits per heavy atom. The molecule has 1 aromatic rings. The van der Waals surface area contributed by atoms with Crippen LogP contribution in [0.4, 0.5) is 0 Å². The number of pyridine rings is 1. The monoisotopic (exact) mass is 273 g/mol. The molecule has 2 N–H and O–H groups in total. The fourth-order valence-corrected chi connectivity index (χ4v) is 1.44. The first-order chi connectivity index (χ1) is 8.15. The number of nitrogens with zero attached hydrogens (tertiary/aromatic N) is 2. The van der Waals surface area contributed by atoms with Crippen molar-refractivity contribution in [2.45, 2.75) is 19.5 Å². The zero-order valence-electron chi connectivity index (χ0n) is 10.7. The molecule has 0 aliphatic carbocycles. The number of amides is 1. The van der Waals surface area contributed by atoms with Crippen molar-refractivity contribution in [3.8, 4) is 0 Å². The normalized spacial score (nSPS) is 11.5. The van der Waals surface area contributed by atoms with Crippen LogP contribution in [-0.4, -0.2) is 42.1 Å². The third kappa shape index (κ3) is 5.44. The number of hydrogen-bond acceptors (Lipinski definition) is 4. The van der Waals surface area contributed by atoms with Crippen LogP contribution in [-0.2, 0) is 16.1 Å². The second-order valence-electron chi connectivity index (χ2n) is 3.86. The van der Waals surface area contributed by atoms with Gasteiger partial charge in [0.15, 0.2) is 0 Å². The highest BCUT2D eigenvalue weighted by molar-refractivity contribution is 5.85. The van der Waals surface area contributed by atoms with Crippen LogP contribution in [0.15, 0.2) is 24.4 Å². The highest BCUT2D eigenvalue weighted by Crippen LogP contribution is 2.03. The Labute approximate surface area is 114 Å². The summed E-state index contributed by atoms with van der Waals surface area (Å²) in [4.78, 5) is 17.7. The third-order valence-corrected chi connectivity index (χ3v) is 2.35. The van der Waals surface area contributed by atoms with Gasteiger partial charge >= 0.3 is 0 Å². The number of carbonyl (C=O) groups is 1. The Balaban J connectivity index is 0.00000289. The number of halogens is 1. The van der Waals surface area contributed by atoms with Crippen LogP contribution >= 0.6 is 12.4 Å². The predicted octanol–water partition coefficient (Wildman–Crippen LogP) is 0.826. The maximum atomic E-state index is 11.9. The van der Waals surface area contributed by atoms with E-state index < -0.39 is 6.04 Å². The van der Waals surface area contributed by atoms with E-state index in [0.29, 0.717) is 19.7 Å². The summed E-state index contributed by atoms with van der Waals surface area (Å²) < 4.78 is 4.98. The van der Waals surface area contributed by atoms with Crippen molar-refractivity contribution in [2.75, 3.05) is 20.3 Å². The van der Waals surface area contributed by atoms with Gasteiger partial charge in [0, 0.05) is 19.9 Å². The van der Waals surface area contributed by atoms with Gasteiger partial charge in [-0.3, -0.25) is 9.78 Å². The molecule has 0 unspecified atom stereocenters. The van der Waals surface area contributed by atoms with Crippen LogP contribution in [0.5, 0.6) is 0 Å². The fourth-order valence-electron chi connectivity index (χ4n) is 1.44. The summed E-state index contributed by atoms with van der Waals surface area (Å²) in [6.45, 7) is 3.16. The van der Waals surface area contributed by atoms with Crippen LogP contribution < -0.4 is 5.73 Å². The van der Waals surface area contributed by atoms with Gasteiger partial charge in [-0.15, -0.1) is 12.4 Å². The van der Waals surface area contributed by atoms with Crippen molar-refractivity contribution in [1.82, 2.24) is 9.88 Å². The first-order valence-electron chi connectivity index (χ1n) is 5.58. The van der Waals surface area contributed by atoms with Gasteiger partial charge in [-0.2, -0.15) is 0 Å². The second kappa shape index (κ2) is 8.85. The van der Waals surface area contributed by atoms with E-state index >= 15 is 0 Å². The maximum Gasteiger partial charge on any atom is 0.239 e. The van der Waals surface area contributed by atoms with Gasteiger partial charge in [-0.05, 0) is 19.1 Å². The van der Waals surface area contributed by atoms with E-state index in [1.807, 2.05) is 18.2 Å². The maximum absolute atomic E-state index is 11.9. The molecule has 0 saturated carbocycles. The molecule has 0 spiro atoms. The minimum absolute atomic E-state index is 0. The molecule has 18 heavy (non-hydrogen) atoms. The average Bonchev–Trinajstić information content (AvgIpc) is 2.34. The minimum Gasteiger partial charge on any atom is -0.383 e. The Morgan fingerprint density at radius 1 is 1.56 bits per heavy atom. The number of nitrogens with two attached hydrogens (primary N) is 1. The summed E-state index contributed by atoms with van der Waals surface area (Å²) >= 11 is 0. The predicted molar refractivity (Wildman–Crippen MR) is 72.4 cm³/mol. The molecule has 1 atom stereocenters. The first kappa shape index (κ1) is 16.8. The van der Waals surface area contributed by atoms with Crippen molar-refractivity contribution in [3.05, 3.63) is 30.1 Å². The second-order valence-corrected chi connectivity index (χ2v) is 3.86. The van der Waals surface area contributed by atoms with Gasteiger partial charge in [-0.1, -0.05) is 6.07 Å².